The molecule has 1 saturated carbocycles. The number of carbonyl (C=O) groups is 1. The first-order valence-electron chi connectivity index (χ1n) is 6.43. The number of nitrogens with one attached hydrogen (secondary N) is 2. The highest BCUT2D eigenvalue weighted by Gasteiger charge is 2.25. The van der Waals surface area contributed by atoms with Gasteiger partial charge in [-0.2, -0.15) is 0 Å². The van der Waals surface area contributed by atoms with Crippen molar-refractivity contribution in [2.75, 3.05) is 13.2 Å². The summed E-state index contributed by atoms with van der Waals surface area (Å²) in [7, 11) is 0. The summed E-state index contributed by atoms with van der Waals surface area (Å²) in [6.45, 7) is 3.02. The van der Waals surface area contributed by atoms with E-state index in [1.807, 2.05) is 0 Å². The Balaban J connectivity index is 2.25. The zero-order valence-corrected chi connectivity index (χ0v) is 10.2. The number of urea groups is 1. The number of aliphatic hydroxyl groups is 1. The van der Waals surface area contributed by atoms with Gasteiger partial charge in [0.15, 0.2) is 0 Å². The van der Waals surface area contributed by atoms with E-state index in [9.17, 15) is 9.90 Å². The molecular formula is C12H24N2O2. The summed E-state index contributed by atoms with van der Waals surface area (Å²) < 4.78 is 0. The molecule has 0 spiro atoms. The molecule has 4 heteroatoms. The van der Waals surface area contributed by atoms with Gasteiger partial charge in [0.25, 0.3) is 0 Å². The van der Waals surface area contributed by atoms with E-state index >= 15 is 0 Å². The topological polar surface area (TPSA) is 61.4 Å². The van der Waals surface area contributed by atoms with Crippen LogP contribution in [0.5, 0.6) is 0 Å². The fourth-order valence-corrected chi connectivity index (χ4v) is 2.21. The molecule has 1 aliphatic rings. The molecule has 0 unspecified atom stereocenters. The summed E-state index contributed by atoms with van der Waals surface area (Å²) in [6.07, 6.45) is 6.44. The van der Waals surface area contributed by atoms with Crippen molar-refractivity contribution in [2.24, 2.45) is 5.92 Å². The molecule has 16 heavy (non-hydrogen) atoms. The summed E-state index contributed by atoms with van der Waals surface area (Å²) in [5.41, 5.74) is 0. The van der Waals surface area contributed by atoms with Crippen molar-refractivity contribution in [3.8, 4) is 0 Å². The third-order valence-electron chi connectivity index (χ3n) is 3.28. The second-order valence-corrected chi connectivity index (χ2v) is 4.59. The summed E-state index contributed by atoms with van der Waals surface area (Å²) in [4.78, 5) is 11.5. The molecule has 94 valence electrons. The van der Waals surface area contributed by atoms with Gasteiger partial charge < -0.3 is 15.7 Å². The molecule has 0 heterocycles. The third-order valence-corrected chi connectivity index (χ3v) is 3.28. The van der Waals surface area contributed by atoms with Gasteiger partial charge in [0.05, 0.1) is 0 Å². The maximum Gasteiger partial charge on any atom is 0.315 e. The first kappa shape index (κ1) is 13.3. The predicted octanol–water partition coefficient (Wildman–Crippen LogP) is 1.64. The number of hydrogen-bond donors (Lipinski definition) is 3. The van der Waals surface area contributed by atoms with Crippen LogP contribution in [0.2, 0.25) is 0 Å². The number of hydrogen-bond acceptors (Lipinski definition) is 2. The van der Waals surface area contributed by atoms with E-state index in [1.165, 1.54) is 6.42 Å². The Kier molecular flexibility index (Phi) is 6.23. The Morgan fingerprint density at radius 1 is 1.38 bits per heavy atom. The molecule has 0 aromatic heterocycles. The minimum absolute atomic E-state index is 0.0844. The van der Waals surface area contributed by atoms with Gasteiger partial charge in [-0.3, -0.25) is 0 Å². The smallest absolute Gasteiger partial charge is 0.315 e. The summed E-state index contributed by atoms with van der Waals surface area (Å²) >= 11 is 0. The maximum absolute atomic E-state index is 11.5. The first-order chi connectivity index (χ1) is 7.77. The predicted molar refractivity (Wildman–Crippen MR) is 64.3 cm³/mol. The Morgan fingerprint density at radius 3 is 2.81 bits per heavy atom. The number of unbranched alkanes of at least 4 members (excludes halogenated alkanes) is 1. The van der Waals surface area contributed by atoms with Crippen LogP contribution < -0.4 is 10.6 Å². The van der Waals surface area contributed by atoms with Crippen molar-refractivity contribution in [1.82, 2.24) is 10.6 Å². The van der Waals surface area contributed by atoms with Crippen molar-refractivity contribution < 1.29 is 9.90 Å². The second-order valence-electron chi connectivity index (χ2n) is 4.59. The number of carbonyl (C=O) groups excluding carboxylic acids is 1. The third kappa shape index (κ3) is 4.39. The van der Waals surface area contributed by atoms with Crippen LogP contribution >= 0.6 is 0 Å². The molecule has 0 bridgehead atoms. The highest BCUT2D eigenvalue weighted by Crippen LogP contribution is 2.23. The lowest BCUT2D eigenvalue weighted by molar-refractivity contribution is 0.153. The second kappa shape index (κ2) is 7.49. The van der Waals surface area contributed by atoms with Crippen LogP contribution in [0.25, 0.3) is 0 Å². The highest BCUT2D eigenvalue weighted by molar-refractivity contribution is 5.74. The van der Waals surface area contributed by atoms with Gasteiger partial charge in [0.1, 0.15) is 0 Å². The van der Waals surface area contributed by atoms with Crippen LogP contribution in [0.15, 0.2) is 0 Å². The lowest BCUT2D eigenvalue weighted by Crippen LogP contribution is -2.47. The van der Waals surface area contributed by atoms with Crippen LogP contribution in [0.4, 0.5) is 4.79 Å². The van der Waals surface area contributed by atoms with E-state index in [0.717, 1.165) is 38.6 Å². The Labute approximate surface area is 97.8 Å². The van der Waals surface area contributed by atoms with E-state index in [4.69, 9.17) is 0 Å². The van der Waals surface area contributed by atoms with E-state index in [1.54, 1.807) is 0 Å². The molecule has 2 atom stereocenters. The molecule has 3 N–H and O–H groups in total. The molecule has 4 nitrogen and oxygen atoms in total. The minimum Gasteiger partial charge on any atom is -0.396 e. The molecular weight excluding hydrogens is 204 g/mol. The zero-order valence-electron chi connectivity index (χ0n) is 10.2. The van der Waals surface area contributed by atoms with Crippen molar-refractivity contribution in [3.63, 3.8) is 0 Å². The van der Waals surface area contributed by atoms with E-state index < -0.39 is 0 Å². The summed E-state index contributed by atoms with van der Waals surface area (Å²) in [6, 6.07) is 0.0687. The Hall–Kier alpha value is -0.770. The summed E-state index contributed by atoms with van der Waals surface area (Å²) in [5, 5.41) is 15.0. The van der Waals surface area contributed by atoms with Gasteiger partial charge in [-0.05, 0) is 19.3 Å². The maximum atomic E-state index is 11.5. The highest BCUT2D eigenvalue weighted by atomic mass is 16.3. The Morgan fingerprint density at radius 2 is 2.12 bits per heavy atom. The molecule has 0 aromatic rings. The molecule has 0 radical (unpaired) electrons. The lowest BCUT2D eigenvalue weighted by Gasteiger charge is -2.30. The largest absolute Gasteiger partial charge is 0.396 e. The van der Waals surface area contributed by atoms with E-state index in [2.05, 4.69) is 17.6 Å². The van der Waals surface area contributed by atoms with Gasteiger partial charge in [-0.1, -0.05) is 26.2 Å². The molecule has 2 amide bonds. The average molecular weight is 228 g/mol. The number of amides is 2. The van der Waals surface area contributed by atoms with Gasteiger partial charge in [0, 0.05) is 25.1 Å². The quantitative estimate of drug-likeness (QED) is 0.626. The number of aliphatic hydroxyl groups excluding tert-OH is 1. The lowest BCUT2D eigenvalue weighted by atomic mass is 9.85. The van der Waals surface area contributed by atoms with Crippen molar-refractivity contribution >= 4 is 6.03 Å². The van der Waals surface area contributed by atoms with E-state index in [0.29, 0.717) is 0 Å². The van der Waals surface area contributed by atoms with Crippen molar-refractivity contribution in [3.05, 3.63) is 0 Å². The van der Waals surface area contributed by atoms with Crippen LogP contribution in [0.3, 0.4) is 0 Å². The van der Waals surface area contributed by atoms with Gasteiger partial charge in [0.2, 0.25) is 0 Å². The monoisotopic (exact) mass is 228 g/mol. The van der Waals surface area contributed by atoms with Gasteiger partial charge >= 0.3 is 6.03 Å². The standard InChI is InChI=1S/C12H24N2O2/c1-2-3-8-13-12(16)14-11-7-5-4-6-10(11)9-15/h10-11,15H,2-9H2,1H3,(H2,13,14,16)/t10-,11-/m1/s1. The molecule has 0 aliphatic heterocycles. The van der Waals surface area contributed by atoms with E-state index in [-0.39, 0.29) is 24.6 Å². The molecule has 0 aromatic carbocycles. The van der Waals surface area contributed by atoms with Crippen LogP contribution in [0, 0.1) is 5.92 Å². The molecule has 1 rings (SSSR count). The number of rotatable bonds is 5. The fraction of sp³-hybridized carbons (Fsp3) is 0.917. The minimum atomic E-state index is -0.0844. The first-order valence-corrected chi connectivity index (χ1v) is 6.43. The van der Waals surface area contributed by atoms with Crippen LogP contribution in [0.1, 0.15) is 45.4 Å². The van der Waals surface area contributed by atoms with Crippen molar-refractivity contribution in [1.29, 1.82) is 0 Å². The fourth-order valence-electron chi connectivity index (χ4n) is 2.21. The normalized spacial score (nSPS) is 25.1. The average Bonchev–Trinajstić information content (AvgIpc) is 2.30. The molecule has 1 fully saturated rings. The SMILES string of the molecule is CCCCNC(=O)N[C@@H]1CCCC[C@@H]1CO. The Bertz CT molecular complexity index is 209. The summed E-state index contributed by atoms with van der Waals surface area (Å²) in [5.74, 6) is 0.241. The van der Waals surface area contributed by atoms with Crippen LogP contribution in [-0.4, -0.2) is 30.3 Å². The molecule has 0 saturated heterocycles. The zero-order chi connectivity index (χ0) is 11.8. The van der Waals surface area contributed by atoms with Crippen molar-refractivity contribution in [2.45, 2.75) is 51.5 Å². The van der Waals surface area contributed by atoms with Gasteiger partial charge in [-0.15, -0.1) is 0 Å². The molecule has 1 aliphatic carbocycles. The van der Waals surface area contributed by atoms with Crippen LogP contribution in [-0.2, 0) is 0 Å². The van der Waals surface area contributed by atoms with Gasteiger partial charge in [-0.25, -0.2) is 4.79 Å².